The Morgan fingerprint density at radius 2 is 1.94 bits per heavy atom. The van der Waals surface area contributed by atoms with Gasteiger partial charge in [0.05, 0.1) is 0 Å². The van der Waals surface area contributed by atoms with Crippen molar-refractivity contribution in [2.75, 3.05) is 5.75 Å². The zero-order valence-electron chi connectivity index (χ0n) is 9.66. The molecule has 1 unspecified atom stereocenters. The predicted octanol–water partition coefficient (Wildman–Crippen LogP) is 3.57. The highest BCUT2D eigenvalue weighted by Gasteiger charge is 2.21. The highest BCUT2D eigenvalue weighted by atomic mass is 32.2. The van der Waals surface area contributed by atoms with Crippen molar-refractivity contribution >= 4 is 11.8 Å². The second-order valence-electron chi connectivity index (χ2n) is 4.60. The number of rotatable bonds is 4. The number of nitrogens with two attached hydrogens (primary N) is 1. The number of hydrogen-bond acceptors (Lipinski definition) is 2. The highest BCUT2D eigenvalue weighted by Crippen LogP contribution is 2.30. The van der Waals surface area contributed by atoms with Crippen LogP contribution in [0.25, 0.3) is 0 Å². The minimum Gasteiger partial charge on any atom is -0.327 e. The summed E-state index contributed by atoms with van der Waals surface area (Å²) in [5.74, 6) is -0.206. The average molecular weight is 257 g/mol. The van der Waals surface area contributed by atoms with Crippen LogP contribution in [0.2, 0.25) is 0 Å². The number of hydrogen-bond donors (Lipinski definition) is 1. The van der Waals surface area contributed by atoms with Crippen molar-refractivity contribution in [2.45, 2.75) is 36.6 Å². The Morgan fingerprint density at radius 3 is 2.59 bits per heavy atom. The first kappa shape index (κ1) is 12.8. The molecule has 17 heavy (non-hydrogen) atoms. The van der Waals surface area contributed by atoms with Gasteiger partial charge in [-0.3, -0.25) is 0 Å². The summed E-state index contributed by atoms with van der Waals surface area (Å²) in [6, 6.07) is 4.17. The molecule has 4 heteroatoms. The predicted molar refractivity (Wildman–Crippen MR) is 67.0 cm³/mol. The summed E-state index contributed by atoms with van der Waals surface area (Å²) < 4.78 is 25.7. The molecule has 0 amide bonds. The Kier molecular flexibility index (Phi) is 4.40. The van der Waals surface area contributed by atoms with Gasteiger partial charge in [-0.05, 0) is 37.0 Å². The Hall–Kier alpha value is -0.610. The van der Waals surface area contributed by atoms with E-state index in [1.165, 1.54) is 49.6 Å². The maximum Gasteiger partial charge on any atom is 0.159 e. The van der Waals surface area contributed by atoms with Gasteiger partial charge in [-0.25, -0.2) is 8.78 Å². The van der Waals surface area contributed by atoms with Gasteiger partial charge in [0.2, 0.25) is 0 Å². The van der Waals surface area contributed by atoms with E-state index in [9.17, 15) is 8.78 Å². The number of halogens is 2. The van der Waals surface area contributed by atoms with E-state index in [4.69, 9.17) is 5.73 Å². The van der Waals surface area contributed by atoms with E-state index in [2.05, 4.69) is 0 Å². The minimum absolute atomic E-state index is 0.163. The van der Waals surface area contributed by atoms with Gasteiger partial charge >= 0.3 is 0 Å². The third-order valence-electron chi connectivity index (χ3n) is 3.34. The summed E-state index contributed by atoms with van der Waals surface area (Å²) in [5.41, 5.74) is 6.11. The summed E-state index contributed by atoms with van der Waals surface area (Å²) in [6.45, 7) is 0. The fraction of sp³-hybridized carbons (Fsp3) is 0.538. The summed E-state index contributed by atoms with van der Waals surface area (Å²) in [7, 11) is 0. The van der Waals surface area contributed by atoms with Crippen LogP contribution in [0.5, 0.6) is 0 Å². The van der Waals surface area contributed by atoms with Crippen molar-refractivity contribution in [1.29, 1.82) is 0 Å². The first-order valence-corrected chi connectivity index (χ1v) is 6.99. The van der Waals surface area contributed by atoms with Gasteiger partial charge in [0, 0.05) is 16.7 Å². The van der Waals surface area contributed by atoms with Gasteiger partial charge in [0.1, 0.15) is 0 Å². The molecule has 0 spiro atoms. The first-order chi connectivity index (χ1) is 8.16. The molecule has 1 fully saturated rings. The SMILES string of the molecule is NC(CSc1ccc(F)c(F)c1)C1CCCC1. The van der Waals surface area contributed by atoms with Crippen LogP contribution >= 0.6 is 11.8 Å². The molecule has 0 aliphatic heterocycles. The highest BCUT2D eigenvalue weighted by molar-refractivity contribution is 7.99. The molecular weight excluding hydrogens is 240 g/mol. The third kappa shape index (κ3) is 3.42. The zero-order valence-corrected chi connectivity index (χ0v) is 10.5. The fourth-order valence-corrected chi connectivity index (χ4v) is 3.29. The minimum atomic E-state index is -0.797. The van der Waals surface area contributed by atoms with E-state index in [-0.39, 0.29) is 6.04 Å². The lowest BCUT2D eigenvalue weighted by Gasteiger charge is -2.18. The summed E-state index contributed by atoms with van der Waals surface area (Å²) in [5, 5.41) is 0. The molecular formula is C13H17F2NS. The molecule has 0 heterocycles. The molecule has 1 aromatic rings. The van der Waals surface area contributed by atoms with Crippen LogP contribution in [0.4, 0.5) is 8.78 Å². The molecule has 0 aromatic heterocycles. The van der Waals surface area contributed by atoms with E-state index >= 15 is 0 Å². The van der Waals surface area contributed by atoms with Gasteiger partial charge in [0.15, 0.2) is 11.6 Å². The van der Waals surface area contributed by atoms with Gasteiger partial charge in [0.25, 0.3) is 0 Å². The Bertz CT molecular complexity index is 378. The Balaban J connectivity index is 1.86. The van der Waals surface area contributed by atoms with Crippen LogP contribution in [-0.2, 0) is 0 Å². The van der Waals surface area contributed by atoms with Crippen LogP contribution in [0.1, 0.15) is 25.7 Å². The molecule has 94 valence electrons. The van der Waals surface area contributed by atoms with E-state index in [1.807, 2.05) is 0 Å². The number of benzene rings is 1. The standard InChI is InChI=1S/C13H17F2NS/c14-11-6-5-10(7-12(11)15)17-8-13(16)9-3-1-2-4-9/h5-7,9,13H,1-4,8,16H2. The van der Waals surface area contributed by atoms with E-state index < -0.39 is 11.6 Å². The van der Waals surface area contributed by atoms with Crippen molar-refractivity contribution in [3.63, 3.8) is 0 Å². The summed E-state index contributed by atoms with van der Waals surface area (Å²) in [6.07, 6.45) is 4.96. The molecule has 1 saturated carbocycles. The van der Waals surface area contributed by atoms with E-state index in [0.717, 1.165) is 10.6 Å². The second-order valence-corrected chi connectivity index (χ2v) is 5.69. The monoisotopic (exact) mass is 257 g/mol. The quantitative estimate of drug-likeness (QED) is 0.834. The largest absolute Gasteiger partial charge is 0.327 e. The zero-order chi connectivity index (χ0) is 12.3. The normalized spacial score (nSPS) is 18.5. The van der Waals surface area contributed by atoms with Crippen molar-refractivity contribution in [2.24, 2.45) is 11.7 Å². The van der Waals surface area contributed by atoms with Crippen molar-refractivity contribution in [3.05, 3.63) is 29.8 Å². The van der Waals surface area contributed by atoms with Gasteiger partial charge in [-0.15, -0.1) is 11.8 Å². The summed E-state index contributed by atoms with van der Waals surface area (Å²) in [4.78, 5) is 0.748. The molecule has 0 saturated heterocycles. The van der Waals surface area contributed by atoms with Crippen LogP contribution in [-0.4, -0.2) is 11.8 Å². The topological polar surface area (TPSA) is 26.0 Å². The van der Waals surface area contributed by atoms with Gasteiger partial charge in [-0.2, -0.15) is 0 Å². The second kappa shape index (κ2) is 5.83. The van der Waals surface area contributed by atoms with Crippen molar-refractivity contribution < 1.29 is 8.78 Å². The lowest BCUT2D eigenvalue weighted by molar-refractivity contribution is 0.463. The maximum absolute atomic E-state index is 13.0. The van der Waals surface area contributed by atoms with Gasteiger partial charge < -0.3 is 5.73 Å². The fourth-order valence-electron chi connectivity index (χ4n) is 2.28. The average Bonchev–Trinajstić information content (AvgIpc) is 2.84. The summed E-state index contributed by atoms with van der Waals surface area (Å²) >= 11 is 1.51. The maximum atomic E-state index is 13.0. The Labute approximate surface area is 105 Å². The van der Waals surface area contributed by atoms with Crippen molar-refractivity contribution in [1.82, 2.24) is 0 Å². The first-order valence-electron chi connectivity index (χ1n) is 6.00. The third-order valence-corrected chi connectivity index (χ3v) is 4.48. The van der Waals surface area contributed by atoms with Crippen LogP contribution in [0, 0.1) is 17.6 Å². The molecule has 1 aromatic carbocycles. The lowest BCUT2D eigenvalue weighted by Crippen LogP contribution is -2.30. The Morgan fingerprint density at radius 1 is 1.24 bits per heavy atom. The molecule has 1 nitrogen and oxygen atoms in total. The molecule has 1 atom stereocenters. The van der Waals surface area contributed by atoms with Gasteiger partial charge in [-0.1, -0.05) is 12.8 Å². The van der Waals surface area contributed by atoms with E-state index in [0.29, 0.717) is 5.92 Å². The molecule has 2 N–H and O–H groups in total. The number of thioether (sulfide) groups is 1. The van der Waals surface area contributed by atoms with Crippen LogP contribution in [0.3, 0.4) is 0 Å². The molecule has 1 aliphatic carbocycles. The van der Waals surface area contributed by atoms with Crippen LogP contribution in [0.15, 0.2) is 23.1 Å². The molecule has 0 bridgehead atoms. The van der Waals surface area contributed by atoms with Crippen LogP contribution < -0.4 is 5.73 Å². The van der Waals surface area contributed by atoms with E-state index in [1.54, 1.807) is 6.07 Å². The smallest absolute Gasteiger partial charge is 0.159 e. The lowest BCUT2D eigenvalue weighted by atomic mass is 10.0. The molecule has 1 aliphatic rings. The van der Waals surface area contributed by atoms with Crippen molar-refractivity contribution in [3.8, 4) is 0 Å². The molecule has 2 rings (SSSR count). The molecule has 0 radical (unpaired) electrons.